The molecule has 0 radical (unpaired) electrons. The minimum absolute atomic E-state index is 0.0321. The van der Waals surface area contributed by atoms with Gasteiger partial charge < -0.3 is 9.47 Å². The van der Waals surface area contributed by atoms with E-state index < -0.39 is 15.7 Å². The fourth-order valence-corrected chi connectivity index (χ4v) is 6.11. The fraction of sp³-hybridized carbons (Fsp3) is 0.192. The Morgan fingerprint density at radius 1 is 0.970 bits per heavy atom. The lowest BCUT2D eigenvalue weighted by molar-refractivity contribution is -0.119. The largest absolute Gasteiger partial charge is 0.337 e. The average Bonchev–Trinajstić information content (AvgIpc) is 3.18. The molecule has 7 heteroatoms. The molecule has 168 valence electrons. The van der Waals surface area contributed by atoms with Crippen molar-refractivity contribution >= 4 is 32.3 Å². The molecule has 1 aliphatic rings. The summed E-state index contributed by atoms with van der Waals surface area (Å²) in [5.74, 6) is -0.874. The number of benzene rings is 3. The third-order valence-corrected chi connectivity index (χ3v) is 7.76. The van der Waals surface area contributed by atoms with E-state index in [1.165, 1.54) is 24.4 Å². The Morgan fingerprint density at radius 2 is 1.76 bits per heavy atom. The molecule has 2 heterocycles. The van der Waals surface area contributed by atoms with Crippen LogP contribution in [0.4, 0.5) is 10.1 Å². The van der Waals surface area contributed by atoms with Crippen molar-refractivity contribution in [2.45, 2.75) is 30.0 Å². The number of anilines is 1. The molecule has 1 aliphatic heterocycles. The minimum Gasteiger partial charge on any atom is -0.337 e. The van der Waals surface area contributed by atoms with Gasteiger partial charge in [0, 0.05) is 29.3 Å². The van der Waals surface area contributed by atoms with Gasteiger partial charge in [0.05, 0.1) is 10.6 Å². The predicted molar refractivity (Wildman–Crippen MR) is 126 cm³/mol. The summed E-state index contributed by atoms with van der Waals surface area (Å²) >= 11 is 0. The highest BCUT2D eigenvalue weighted by atomic mass is 32.2. The maximum Gasteiger partial charge on any atom is 0.246 e. The molecule has 0 spiro atoms. The Hall–Kier alpha value is -3.45. The Bertz CT molecular complexity index is 1460. The molecule has 0 atom stereocenters. The summed E-state index contributed by atoms with van der Waals surface area (Å²) < 4.78 is 41.8. The predicted octanol–water partition coefficient (Wildman–Crippen LogP) is 4.73. The van der Waals surface area contributed by atoms with Gasteiger partial charge in [0.2, 0.25) is 5.91 Å². The van der Waals surface area contributed by atoms with Crippen molar-refractivity contribution in [2.24, 2.45) is 0 Å². The smallest absolute Gasteiger partial charge is 0.246 e. The van der Waals surface area contributed by atoms with Gasteiger partial charge in [0.25, 0.3) is 0 Å². The van der Waals surface area contributed by atoms with Gasteiger partial charge in [-0.3, -0.25) is 4.79 Å². The van der Waals surface area contributed by atoms with Crippen LogP contribution < -0.4 is 4.90 Å². The molecule has 0 unspecified atom stereocenters. The maximum atomic E-state index is 13.6. The van der Waals surface area contributed by atoms with E-state index in [4.69, 9.17) is 0 Å². The molecule has 4 aromatic rings. The Morgan fingerprint density at radius 3 is 2.61 bits per heavy atom. The van der Waals surface area contributed by atoms with Crippen molar-refractivity contribution in [1.82, 2.24) is 4.57 Å². The second-order valence-corrected chi connectivity index (χ2v) is 10.3. The van der Waals surface area contributed by atoms with Crippen LogP contribution >= 0.6 is 0 Å². The van der Waals surface area contributed by atoms with Gasteiger partial charge in [-0.15, -0.1) is 0 Å². The number of amides is 1. The quantitative estimate of drug-likeness (QED) is 0.431. The molecule has 0 fully saturated rings. The van der Waals surface area contributed by atoms with Crippen molar-refractivity contribution < 1.29 is 17.6 Å². The number of aryl methyl sites for hydroxylation is 1. The topological polar surface area (TPSA) is 59.4 Å². The number of rotatable bonds is 5. The second kappa shape index (κ2) is 8.48. The first-order chi connectivity index (χ1) is 15.9. The SMILES string of the molecule is O=C(Cn1cc(S(=O)(=O)Cc2cccc(F)c2)c2ccccc21)N1CCCc2ccccc21. The number of halogens is 1. The third-order valence-electron chi connectivity index (χ3n) is 6.05. The zero-order chi connectivity index (χ0) is 23.0. The number of fused-ring (bicyclic) bond motifs is 2. The van der Waals surface area contributed by atoms with Crippen LogP contribution in [0.2, 0.25) is 0 Å². The highest BCUT2D eigenvalue weighted by Crippen LogP contribution is 2.30. The summed E-state index contributed by atoms with van der Waals surface area (Å²) in [7, 11) is -3.76. The van der Waals surface area contributed by atoms with E-state index in [0.717, 1.165) is 24.1 Å². The second-order valence-electron chi connectivity index (χ2n) is 8.31. The molecular formula is C26H23FN2O3S. The summed E-state index contributed by atoms with van der Waals surface area (Å²) in [6, 6.07) is 20.6. The molecule has 1 amide bonds. The molecule has 33 heavy (non-hydrogen) atoms. The van der Waals surface area contributed by atoms with Gasteiger partial charge in [0.1, 0.15) is 12.4 Å². The molecule has 0 saturated heterocycles. The van der Waals surface area contributed by atoms with Crippen molar-refractivity contribution in [3.63, 3.8) is 0 Å². The first kappa shape index (κ1) is 21.4. The van der Waals surface area contributed by atoms with E-state index in [0.29, 0.717) is 23.0 Å². The number of hydrogen-bond donors (Lipinski definition) is 0. The van der Waals surface area contributed by atoms with Crippen LogP contribution in [-0.4, -0.2) is 25.4 Å². The first-order valence-corrected chi connectivity index (χ1v) is 12.5. The van der Waals surface area contributed by atoms with E-state index in [-0.39, 0.29) is 23.1 Å². The van der Waals surface area contributed by atoms with Crippen LogP contribution in [0.3, 0.4) is 0 Å². The summed E-state index contributed by atoms with van der Waals surface area (Å²) in [6.07, 6.45) is 3.37. The van der Waals surface area contributed by atoms with E-state index in [2.05, 4.69) is 0 Å². The number of para-hydroxylation sites is 2. The lowest BCUT2D eigenvalue weighted by Gasteiger charge is -2.29. The Kier molecular flexibility index (Phi) is 5.50. The molecule has 5 rings (SSSR count). The average molecular weight is 463 g/mol. The number of sulfone groups is 1. The van der Waals surface area contributed by atoms with E-state index in [1.807, 2.05) is 36.4 Å². The Labute approximate surface area is 192 Å². The molecular weight excluding hydrogens is 439 g/mol. The van der Waals surface area contributed by atoms with Gasteiger partial charge in [-0.05, 0) is 48.2 Å². The lowest BCUT2D eigenvalue weighted by atomic mass is 10.0. The molecule has 0 aliphatic carbocycles. The molecule has 5 nitrogen and oxygen atoms in total. The monoisotopic (exact) mass is 462 g/mol. The van der Waals surface area contributed by atoms with Crippen molar-refractivity contribution in [1.29, 1.82) is 0 Å². The fourth-order valence-electron chi connectivity index (χ4n) is 4.54. The lowest BCUT2D eigenvalue weighted by Crippen LogP contribution is -2.37. The number of nitrogens with zero attached hydrogens (tertiary/aromatic N) is 2. The molecule has 0 N–H and O–H groups in total. The minimum atomic E-state index is -3.76. The first-order valence-electron chi connectivity index (χ1n) is 10.9. The summed E-state index contributed by atoms with van der Waals surface area (Å²) in [5.41, 5.74) is 3.12. The number of carbonyl (C=O) groups excluding carboxylic acids is 1. The van der Waals surface area contributed by atoms with Gasteiger partial charge in [0.15, 0.2) is 9.84 Å². The number of carbonyl (C=O) groups is 1. The third kappa shape index (κ3) is 4.16. The summed E-state index contributed by atoms with van der Waals surface area (Å²) in [4.78, 5) is 15.2. The van der Waals surface area contributed by atoms with Crippen LogP contribution in [-0.2, 0) is 33.4 Å². The van der Waals surface area contributed by atoms with Crippen LogP contribution in [0.1, 0.15) is 17.5 Å². The summed E-state index contributed by atoms with van der Waals surface area (Å²) in [6.45, 7) is 0.671. The van der Waals surface area contributed by atoms with Crippen LogP contribution in [0.25, 0.3) is 10.9 Å². The van der Waals surface area contributed by atoms with Gasteiger partial charge in [-0.1, -0.05) is 48.5 Å². The maximum absolute atomic E-state index is 13.6. The molecule has 0 saturated carbocycles. The van der Waals surface area contributed by atoms with Crippen molar-refractivity contribution in [3.8, 4) is 0 Å². The number of hydrogen-bond acceptors (Lipinski definition) is 3. The highest BCUT2D eigenvalue weighted by Gasteiger charge is 2.25. The number of aromatic nitrogens is 1. The normalized spacial score (nSPS) is 13.8. The highest BCUT2D eigenvalue weighted by molar-refractivity contribution is 7.90. The molecule has 1 aromatic heterocycles. The van der Waals surface area contributed by atoms with E-state index >= 15 is 0 Å². The van der Waals surface area contributed by atoms with E-state index in [9.17, 15) is 17.6 Å². The standard InChI is InChI=1S/C26H23FN2O3S/c27-21-10-5-7-19(15-21)18-33(31,32)25-16-28(24-13-4-2-11-22(24)25)17-26(30)29-14-6-9-20-8-1-3-12-23(20)29/h1-5,7-8,10-13,15-16H,6,9,14,17-18H2. The summed E-state index contributed by atoms with van der Waals surface area (Å²) in [5, 5.41) is 0.556. The van der Waals surface area contributed by atoms with Crippen LogP contribution in [0.5, 0.6) is 0 Å². The zero-order valence-electron chi connectivity index (χ0n) is 17.9. The van der Waals surface area contributed by atoms with Gasteiger partial charge in [-0.25, -0.2) is 12.8 Å². The zero-order valence-corrected chi connectivity index (χ0v) is 18.8. The molecule has 0 bridgehead atoms. The van der Waals surface area contributed by atoms with Gasteiger partial charge >= 0.3 is 0 Å². The van der Waals surface area contributed by atoms with Crippen LogP contribution in [0.15, 0.2) is 83.9 Å². The van der Waals surface area contributed by atoms with E-state index in [1.54, 1.807) is 27.7 Å². The Balaban J connectivity index is 1.49. The molecule has 3 aromatic carbocycles. The van der Waals surface area contributed by atoms with Crippen LogP contribution in [0, 0.1) is 5.82 Å². The van der Waals surface area contributed by atoms with Crippen molar-refractivity contribution in [2.75, 3.05) is 11.4 Å². The van der Waals surface area contributed by atoms with Gasteiger partial charge in [-0.2, -0.15) is 0 Å². The van der Waals surface area contributed by atoms with Crippen molar-refractivity contribution in [3.05, 3.63) is 95.9 Å².